The summed E-state index contributed by atoms with van der Waals surface area (Å²) >= 11 is 0. The third-order valence-corrected chi connectivity index (χ3v) is 4.12. The van der Waals surface area contributed by atoms with Crippen LogP contribution in [0.5, 0.6) is 0 Å². The summed E-state index contributed by atoms with van der Waals surface area (Å²) in [5.74, 6) is 0.907. The van der Waals surface area contributed by atoms with Gasteiger partial charge in [-0.15, -0.1) is 0 Å². The molecule has 0 spiro atoms. The predicted octanol–water partition coefficient (Wildman–Crippen LogP) is 1.82. The number of nitrogens with two attached hydrogens (primary N) is 1. The number of nitro groups is 1. The van der Waals surface area contributed by atoms with E-state index in [1.165, 1.54) is 12.3 Å². The largest absolute Gasteiger partial charge is 0.352 e. The maximum atomic E-state index is 10.8. The fourth-order valence-electron chi connectivity index (χ4n) is 3.10. The molecule has 21 heavy (non-hydrogen) atoms. The summed E-state index contributed by atoms with van der Waals surface area (Å²) in [4.78, 5) is 16.5. The molecule has 0 bridgehead atoms. The Bertz CT molecular complexity index is 569. The first-order valence-electron chi connectivity index (χ1n) is 7.13. The zero-order valence-corrected chi connectivity index (χ0v) is 12.0. The van der Waals surface area contributed by atoms with Crippen molar-refractivity contribution in [2.45, 2.75) is 32.2 Å². The normalized spacial score (nSPS) is 21.0. The predicted molar refractivity (Wildman–Crippen MR) is 78.8 cm³/mol. The highest BCUT2D eigenvalue weighted by Crippen LogP contribution is 2.33. The van der Waals surface area contributed by atoms with Gasteiger partial charge in [-0.1, -0.05) is 6.42 Å². The van der Waals surface area contributed by atoms with E-state index in [0.29, 0.717) is 24.8 Å². The lowest BCUT2D eigenvalue weighted by molar-refractivity contribution is -0.385. The summed E-state index contributed by atoms with van der Waals surface area (Å²) in [6.45, 7) is 3.30. The van der Waals surface area contributed by atoms with Crippen LogP contribution in [0.2, 0.25) is 0 Å². The highest BCUT2D eigenvalue weighted by molar-refractivity contribution is 5.58. The minimum Gasteiger partial charge on any atom is -0.352 e. The minimum atomic E-state index is -0.536. The van der Waals surface area contributed by atoms with Crippen LogP contribution in [-0.2, 0) is 0 Å². The Kier molecular flexibility index (Phi) is 4.70. The second-order valence-electron chi connectivity index (χ2n) is 5.21. The number of hydrogen-bond donors (Lipinski definition) is 1. The first-order chi connectivity index (χ1) is 10.1. The molecule has 1 fully saturated rings. The molecule has 1 aromatic rings. The average Bonchev–Trinajstić information content (AvgIpc) is 2.96. The van der Waals surface area contributed by atoms with Gasteiger partial charge in [0.2, 0.25) is 0 Å². The third kappa shape index (κ3) is 2.95. The van der Waals surface area contributed by atoms with Crippen molar-refractivity contribution in [2.24, 2.45) is 11.7 Å². The van der Waals surface area contributed by atoms with Gasteiger partial charge >= 0.3 is 0 Å². The average molecular weight is 289 g/mol. The molecule has 2 rings (SSSR count). The van der Waals surface area contributed by atoms with Crippen molar-refractivity contribution in [3.63, 3.8) is 0 Å². The van der Waals surface area contributed by atoms with Gasteiger partial charge in [-0.3, -0.25) is 10.1 Å². The zero-order valence-electron chi connectivity index (χ0n) is 12.0. The topological polar surface area (TPSA) is 109 Å². The number of aromatic nitrogens is 1. The lowest BCUT2D eigenvalue weighted by Crippen LogP contribution is -2.41. The van der Waals surface area contributed by atoms with Crippen LogP contribution in [0.25, 0.3) is 0 Å². The van der Waals surface area contributed by atoms with Crippen molar-refractivity contribution < 1.29 is 4.92 Å². The molecule has 2 N–H and O–H groups in total. The Labute approximate surface area is 123 Å². The fourth-order valence-corrected chi connectivity index (χ4v) is 3.10. The number of rotatable bonds is 5. The minimum absolute atomic E-state index is 0.159. The molecule has 7 nitrogen and oxygen atoms in total. The van der Waals surface area contributed by atoms with E-state index in [2.05, 4.69) is 9.88 Å². The lowest BCUT2D eigenvalue weighted by atomic mass is 10.0. The van der Waals surface area contributed by atoms with E-state index >= 15 is 0 Å². The molecule has 0 aromatic carbocycles. The molecule has 0 aliphatic heterocycles. The summed E-state index contributed by atoms with van der Waals surface area (Å²) in [5.41, 5.74) is 5.91. The van der Waals surface area contributed by atoms with Gasteiger partial charge < -0.3 is 10.6 Å². The number of anilines is 1. The summed E-state index contributed by atoms with van der Waals surface area (Å²) in [7, 11) is 0. The van der Waals surface area contributed by atoms with E-state index in [4.69, 9.17) is 5.73 Å². The Morgan fingerprint density at radius 2 is 2.38 bits per heavy atom. The van der Waals surface area contributed by atoms with Gasteiger partial charge in [-0.2, -0.15) is 5.26 Å². The summed E-state index contributed by atoms with van der Waals surface area (Å²) in [6.07, 6.45) is 4.41. The molecule has 112 valence electrons. The fraction of sp³-hybridized carbons (Fsp3) is 0.571. The molecule has 1 aliphatic rings. The molecule has 1 aliphatic carbocycles. The Hall–Kier alpha value is -2.20. The van der Waals surface area contributed by atoms with Gasteiger partial charge in [0.15, 0.2) is 0 Å². The molecule has 1 saturated carbocycles. The van der Waals surface area contributed by atoms with E-state index in [1.54, 1.807) is 0 Å². The van der Waals surface area contributed by atoms with E-state index < -0.39 is 4.92 Å². The Morgan fingerprint density at radius 1 is 1.62 bits per heavy atom. The Morgan fingerprint density at radius 3 is 2.95 bits per heavy atom. The van der Waals surface area contributed by atoms with Crippen molar-refractivity contribution >= 4 is 11.5 Å². The molecule has 7 heteroatoms. The summed E-state index contributed by atoms with van der Waals surface area (Å²) < 4.78 is 0. The van der Waals surface area contributed by atoms with Gasteiger partial charge in [0.1, 0.15) is 23.6 Å². The standard InChI is InChI=1S/C14H19N5O2/c1-2-18(13-5-3-4-10(13)7-15)14-11(8-16)6-12(9-17-14)19(20)21/h6,9-10,13H,2-5,7,15H2,1H3. The zero-order chi connectivity index (χ0) is 15.4. The van der Waals surface area contributed by atoms with Crippen LogP contribution in [0.1, 0.15) is 31.7 Å². The van der Waals surface area contributed by atoms with Gasteiger partial charge in [0.25, 0.3) is 5.69 Å². The van der Waals surface area contributed by atoms with E-state index in [-0.39, 0.29) is 17.3 Å². The monoisotopic (exact) mass is 289 g/mol. The van der Waals surface area contributed by atoms with Crippen LogP contribution in [0.15, 0.2) is 12.3 Å². The van der Waals surface area contributed by atoms with Gasteiger partial charge in [0, 0.05) is 18.7 Å². The molecule has 0 amide bonds. The first-order valence-corrected chi connectivity index (χ1v) is 7.13. The van der Waals surface area contributed by atoms with Crippen molar-refractivity contribution in [1.82, 2.24) is 4.98 Å². The molecule has 0 radical (unpaired) electrons. The van der Waals surface area contributed by atoms with Crippen molar-refractivity contribution in [3.8, 4) is 6.07 Å². The van der Waals surface area contributed by atoms with E-state index in [9.17, 15) is 15.4 Å². The number of pyridine rings is 1. The number of hydrogen-bond acceptors (Lipinski definition) is 6. The molecule has 0 saturated heterocycles. The third-order valence-electron chi connectivity index (χ3n) is 4.12. The highest BCUT2D eigenvalue weighted by Gasteiger charge is 2.32. The molecule has 2 unspecified atom stereocenters. The van der Waals surface area contributed by atoms with Crippen LogP contribution < -0.4 is 10.6 Å². The summed E-state index contributed by atoms with van der Waals surface area (Å²) in [6, 6.07) is 3.56. The summed E-state index contributed by atoms with van der Waals surface area (Å²) in [5, 5.41) is 20.1. The van der Waals surface area contributed by atoms with E-state index in [1.807, 2.05) is 13.0 Å². The van der Waals surface area contributed by atoms with Gasteiger partial charge in [0.05, 0.1) is 4.92 Å². The molecular formula is C14H19N5O2. The van der Waals surface area contributed by atoms with Crippen LogP contribution in [0.4, 0.5) is 11.5 Å². The molecule has 1 heterocycles. The van der Waals surface area contributed by atoms with Crippen molar-refractivity contribution in [3.05, 3.63) is 27.9 Å². The van der Waals surface area contributed by atoms with Crippen molar-refractivity contribution in [1.29, 1.82) is 5.26 Å². The van der Waals surface area contributed by atoms with Crippen LogP contribution in [0, 0.1) is 27.4 Å². The lowest BCUT2D eigenvalue weighted by Gasteiger charge is -2.33. The van der Waals surface area contributed by atoms with E-state index in [0.717, 1.165) is 19.3 Å². The highest BCUT2D eigenvalue weighted by atomic mass is 16.6. The second-order valence-corrected chi connectivity index (χ2v) is 5.21. The van der Waals surface area contributed by atoms with Crippen LogP contribution in [-0.4, -0.2) is 29.0 Å². The number of nitrogens with zero attached hydrogens (tertiary/aromatic N) is 4. The smallest absolute Gasteiger partial charge is 0.289 e. The molecular weight excluding hydrogens is 270 g/mol. The van der Waals surface area contributed by atoms with Gasteiger partial charge in [-0.25, -0.2) is 4.98 Å². The molecule has 2 atom stereocenters. The first kappa shape index (κ1) is 15.2. The maximum absolute atomic E-state index is 10.8. The SMILES string of the molecule is CCN(c1ncc([N+](=O)[O-])cc1C#N)C1CCCC1CN. The number of nitriles is 1. The van der Waals surface area contributed by atoms with Crippen molar-refractivity contribution in [2.75, 3.05) is 18.0 Å². The quantitative estimate of drug-likeness (QED) is 0.654. The maximum Gasteiger partial charge on any atom is 0.289 e. The molecule has 1 aromatic heterocycles. The second kappa shape index (κ2) is 6.50. The van der Waals surface area contributed by atoms with Crippen LogP contribution >= 0.6 is 0 Å². The Balaban J connectivity index is 2.38. The van der Waals surface area contributed by atoms with Gasteiger partial charge in [-0.05, 0) is 32.2 Å². The van der Waals surface area contributed by atoms with Crippen LogP contribution in [0.3, 0.4) is 0 Å².